The zero-order valence-corrected chi connectivity index (χ0v) is 19.4. The number of rotatable bonds is 7. The summed E-state index contributed by atoms with van der Waals surface area (Å²) in [7, 11) is 1.77. The predicted molar refractivity (Wildman–Crippen MR) is 122 cm³/mol. The van der Waals surface area contributed by atoms with Gasteiger partial charge in [0.2, 0.25) is 5.91 Å². The highest BCUT2D eigenvalue weighted by Gasteiger charge is 2.31. The van der Waals surface area contributed by atoms with Crippen molar-refractivity contribution in [1.82, 2.24) is 25.3 Å². The van der Waals surface area contributed by atoms with Crippen LogP contribution in [-0.2, 0) is 11.8 Å². The van der Waals surface area contributed by atoms with Crippen LogP contribution in [0.1, 0.15) is 47.4 Å². The third kappa shape index (κ3) is 5.88. The van der Waals surface area contributed by atoms with E-state index < -0.39 is 6.04 Å². The third-order valence-corrected chi connectivity index (χ3v) is 6.11. The van der Waals surface area contributed by atoms with E-state index in [1.807, 2.05) is 13.8 Å². The van der Waals surface area contributed by atoms with Crippen molar-refractivity contribution in [2.24, 2.45) is 18.9 Å². The van der Waals surface area contributed by atoms with Crippen molar-refractivity contribution in [3.63, 3.8) is 0 Å². The zero-order valence-electron chi connectivity index (χ0n) is 18.7. The fourth-order valence-electron chi connectivity index (χ4n) is 3.81. The minimum atomic E-state index is -0.624. The van der Waals surface area contributed by atoms with Crippen LogP contribution >= 0.6 is 11.6 Å². The largest absolute Gasteiger partial charge is 0.352 e. The maximum atomic E-state index is 13.2. The Kier molecular flexibility index (Phi) is 7.90. The minimum absolute atomic E-state index is 0.0644. The van der Waals surface area contributed by atoms with E-state index in [0.29, 0.717) is 41.7 Å². The molecule has 9 heteroatoms. The molecular formula is C23H30ClN5O3. The van der Waals surface area contributed by atoms with E-state index in [1.165, 1.54) is 0 Å². The molecule has 32 heavy (non-hydrogen) atoms. The first-order valence-electron chi connectivity index (χ1n) is 10.9. The Morgan fingerprint density at radius 3 is 2.44 bits per heavy atom. The van der Waals surface area contributed by atoms with E-state index >= 15 is 0 Å². The number of likely N-dealkylation sites (tertiary alicyclic amines) is 1. The normalized spacial score (nSPS) is 15.5. The van der Waals surface area contributed by atoms with Crippen LogP contribution in [0.3, 0.4) is 0 Å². The van der Waals surface area contributed by atoms with Gasteiger partial charge in [0.05, 0.1) is 22.3 Å². The quantitative estimate of drug-likeness (QED) is 0.664. The van der Waals surface area contributed by atoms with Crippen LogP contribution < -0.4 is 10.6 Å². The van der Waals surface area contributed by atoms with Gasteiger partial charge in [-0.1, -0.05) is 37.6 Å². The third-order valence-electron chi connectivity index (χ3n) is 5.78. The standard InChI is InChI=1S/C23H30ClN5O3/c1-15(2)20(27-22(31)18-6-4-5-7-19(18)24)23(32)29-10-8-16(9-11-29)12-25-21(30)17-13-26-28(3)14-17/h4-7,13-16,20H,8-12H2,1-3H3,(H,25,30)(H,27,31). The molecule has 1 aromatic carbocycles. The fraction of sp³-hybridized carbons (Fsp3) is 0.478. The second-order valence-corrected chi connectivity index (χ2v) is 8.96. The van der Waals surface area contributed by atoms with Crippen LogP contribution in [0.4, 0.5) is 0 Å². The van der Waals surface area contributed by atoms with Gasteiger partial charge in [-0.15, -0.1) is 0 Å². The van der Waals surface area contributed by atoms with Gasteiger partial charge < -0.3 is 15.5 Å². The number of piperidine rings is 1. The van der Waals surface area contributed by atoms with Gasteiger partial charge >= 0.3 is 0 Å². The van der Waals surface area contributed by atoms with Gasteiger partial charge in [0.25, 0.3) is 11.8 Å². The molecule has 1 fully saturated rings. The van der Waals surface area contributed by atoms with Gasteiger partial charge in [0.15, 0.2) is 0 Å². The molecular weight excluding hydrogens is 430 g/mol. The summed E-state index contributed by atoms with van der Waals surface area (Å²) < 4.78 is 1.59. The average molecular weight is 460 g/mol. The molecule has 1 unspecified atom stereocenters. The lowest BCUT2D eigenvalue weighted by molar-refractivity contribution is -0.135. The lowest BCUT2D eigenvalue weighted by Crippen LogP contribution is -2.53. The summed E-state index contributed by atoms with van der Waals surface area (Å²) >= 11 is 6.13. The average Bonchev–Trinajstić information content (AvgIpc) is 3.22. The number of halogens is 1. The molecule has 0 bridgehead atoms. The molecule has 0 radical (unpaired) electrons. The number of aromatic nitrogens is 2. The number of hydrogen-bond acceptors (Lipinski definition) is 4. The van der Waals surface area contributed by atoms with E-state index in [4.69, 9.17) is 11.6 Å². The molecule has 3 amide bonds. The van der Waals surface area contributed by atoms with E-state index in [-0.39, 0.29) is 23.6 Å². The molecule has 1 aliphatic rings. The SMILES string of the molecule is CC(C)C(NC(=O)c1ccccc1Cl)C(=O)N1CCC(CNC(=O)c2cnn(C)c2)CC1. The van der Waals surface area contributed by atoms with E-state index in [1.54, 1.807) is 53.3 Å². The van der Waals surface area contributed by atoms with E-state index in [9.17, 15) is 14.4 Å². The maximum Gasteiger partial charge on any atom is 0.254 e. The van der Waals surface area contributed by atoms with Crippen molar-refractivity contribution < 1.29 is 14.4 Å². The summed E-state index contributed by atoms with van der Waals surface area (Å²) in [6.45, 7) is 5.58. The van der Waals surface area contributed by atoms with Gasteiger partial charge in [0, 0.05) is 32.9 Å². The Morgan fingerprint density at radius 2 is 1.84 bits per heavy atom. The summed E-state index contributed by atoms with van der Waals surface area (Å²) in [6.07, 6.45) is 4.81. The molecule has 8 nitrogen and oxygen atoms in total. The smallest absolute Gasteiger partial charge is 0.254 e. The van der Waals surface area contributed by atoms with Crippen LogP contribution in [0, 0.1) is 11.8 Å². The highest BCUT2D eigenvalue weighted by molar-refractivity contribution is 6.33. The molecule has 1 aliphatic heterocycles. The molecule has 3 rings (SSSR count). The molecule has 1 atom stereocenters. The number of nitrogens with zero attached hydrogens (tertiary/aromatic N) is 3. The summed E-state index contributed by atoms with van der Waals surface area (Å²) in [4.78, 5) is 39.8. The molecule has 172 valence electrons. The van der Waals surface area contributed by atoms with Crippen LogP contribution in [-0.4, -0.2) is 58.1 Å². The highest BCUT2D eigenvalue weighted by Crippen LogP contribution is 2.20. The topological polar surface area (TPSA) is 96.3 Å². The van der Waals surface area contributed by atoms with Crippen molar-refractivity contribution >= 4 is 29.3 Å². The van der Waals surface area contributed by atoms with Crippen molar-refractivity contribution in [1.29, 1.82) is 0 Å². The molecule has 0 saturated carbocycles. The van der Waals surface area contributed by atoms with Crippen molar-refractivity contribution in [2.75, 3.05) is 19.6 Å². The number of nitrogens with one attached hydrogen (secondary N) is 2. The molecule has 0 spiro atoms. The second kappa shape index (κ2) is 10.6. The Bertz CT molecular complexity index is 966. The maximum absolute atomic E-state index is 13.2. The molecule has 0 aliphatic carbocycles. The van der Waals surface area contributed by atoms with Gasteiger partial charge in [-0.2, -0.15) is 5.10 Å². The Morgan fingerprint density at radius 1 is 1.16 bits per heavy atom. The minimum Gasteiger partial charge on any atom is -0.352 e. The van der Waals surface area contributed by atoms with Crippen LogP contribution in [0.2, 0.25) is 5.02 Å². The number of aryl methyl sites for hydroxylation is 1. The first kappa shape index (κ1) is 23.8. The van der Waals surface area contributed by atoms with Gasteiger partial charge in [-0.05, 0) is 36.8 Å². The first-order chi connectivity index (χ1) is 15.3. The Hall–Kier alpha value is -2.87. The first-order valence-corrected chi connectivity index (χ1v) is 11.2. The summed E-state index contributed by atoms with van der Waals surface area (Å²) in [5.74, 6) is -0.340. The lowest BCUT2D eigenvalue weighted by Gasteiger charge is -2.35. The number of carbonyl (C=O) groups is 3. The van der Waals surface area contributed by atoms with E-state index in [2.05, 4.69) is 15.7 Å². The summed E-state index contributed by atoms with van der Waals surface area (Å²) in [5, 5.41) is 10.2. The number of benzene rings is 1. The Labute approximate surface area is 193 Å². The lowest BCUT2D eigenvalue weighted by atomic mass is 9.94. The molecule has 2 aromatic rings. The monoisotopic (exact) mass is 459 g/mol. The van der Waals surface area contributed by atoms with E-state index in [0.717, 1.165) is 12.8 Å². The predicted octanol–water partition coefficient (Wildman–Crippen LogP) is 2.50. The van der Waals surface area contributed by atoms with Crippen LogP contribution in [0.25, 0.3) is 0 Å². The van der Waals surface area contributed by atoms with Crippen molar-refractivity contribution in [3.05, 3.63) is 52.8 Å². The summed E-state index contributed by atoms with van der Waals surface area (Å²) in [6, 6.07) is 6.17. The number of carbonyl (C=O) groups excluding carboxylic acids is 3. The molecule has 2 N–H and O–H groups in total. The fourth-order valence-corrected chi connectivity index (χ4v) is 4.03. The summed E-state index contributed by atoms with van der Waals surface area (Å²) in [5.41, 5.74) is 0.893. The second-order valence-electron chi connectivity index (χ2n) is 8.56. The van der Waals surface area contributed by atoms with Crippen LogP contribution in [0.15, 0.2) is 36.7 Å². The molecule has 1 aromatic heterocycles. The van der Waals surface area contributed by atoms with Crippen LogP contribution in [0.5, 0.6) is 0 Å². The van der Waals surface area contributed by atoms with Gasteiger partial charge in [-0.3, -0.25) is 19.1 Å². The number of amides is 3. The molecule has 1 saturated heterocycles. The Balaban J connectivity index is 1.51. The zero-order chi connectivity index (χ0) is 23.3. The van der Waals surface area contributed by atoms with Gasteiger partial charge in [0.1, 0.15) is 6.04 Å². The highest BCUT2D eigenvalue weighted by atomic mass is 35.5. The van der Waals surface area contributed by atoms with Crippen molar-refractivity contribution in [2.45, 2.75) is 32.7 Å². The number of hydrogen-bond donors (Lipinski definition) is 2. The molecule has 2 heterocycles. The van der Waals surface area contributed by atoms with Gasteiger partial charge in [-0.25, -0.2) is 0 Å². The van der Waals surface area contributed by atoms with Crippen molar-refractivity contribution in [3.8, 4) is 0 Å².